The number of amides is 1. The van der Waals surface area contributed by atoms with Crippen LogP contribution in [0.15, 0.2) is 42.5 Å². The highest BCUT2D eigenvalue weighted by molar-refractivity contribution is 9.09. The Morgan fingerprint density at radius 1 is 1.19 bits per heavy atom. The fourth-order valence-electron chi connectivity index (χ4n) is 7.40. The number of aliphatic hydroxyl groups excluding tert-OH is 1. The monoisotopic (exact) mass is 495 g/mol. The van der Waals surface area contributed by atoms with E-state index in [0.717, 1.165) is 36.6 Å². The first-order valence-corrected chi connectivity index (χ1v) is 13.3. The summed E-state index contributed by atoms with van der Waals surface area (Å²) in [5.41, 5.74) is 11.7. The van der Waals surface area contributed by atoms with Gasteiger partial charge in [-0.05, 0) is 108 Å². The number of primary amides is 1. The molecule has 3 N–H and O–H groups in total. The third-order valence-electron chi connectivity index (χ3n) is 9.00. The maximum atomic E-state index is 11.6. The second-order valence-electron chi connectivity index (χ2n) is 10.6. The van der Waals surface area contributed by atoms with Gasteiger partial charge in [-0.3, -0.25) is 4.79 Å². The van der Waals surface area contributed by atoms with Gasteiger partial charge in [-0.2, -0.15) is 0 Å². The van der Waals surface area contributed by atoms with Crippen molar-refractivity contribution < 1.29 is 9.90 Å². The molecule has 6 atom stereocenters. The first-order chi connectivity index (χ1) is 15.4. The first kappa shape index (κ1) is 22.2. The van der Waals surface area contributed by atoms with Crippen LogP contribution in [0.2, 0.25) is 0 Å². The molecule has 0 radical (unpaired) electrons. The summed E-state index contributed by atoms with van der Waals surface area (Å²) in [6.45, 7) is 2.34. The molecule has 3 aliphatic carbocycles. The summed E-state index contributed by atoms with van der Waals surface area (Å²) in [5.74, 6) is 1.73. The minimum Gasteiger partial charge on any atom is -0.392 e. The van der Waals surface area contributed by atoms with E-state index in [1.54, 1.807) is 17.2 Å². The zero-order valence-electron chi connectivity index (χ0n) is 18.9. The number of nitrogens with two attached hydrogens (primary N) is 1. The topological polar surface area (TPSA) is 63.3 Å². The van der Waals surface area contributed by atoms with E-state index in [2.05, 4.69) is 47.1 Å². The molecule has 0 heterocycles. The van der Waals surface area contributed by atoms with Crippen LogP contribution in [0, 0.1) is 23.2 Å². The number of aryl methyl sites for hydroxylation is 2. The van der Waals surface area contributed by atoms with Crippen LogP contribution in [0.5, 0.6) is 0 Å². The van der Waals surface area contributed by atoms with E-state index in [1.807, 2.05) is 12.1 Å². The number of alkyl halides is 1. The van der Waals surface area contributed by atoms with E-state index in [-0.39, 0.29) is 23.3 Å². The molecular weight excluding hydrogens is 462 g/mol. The van der Waals surface area contributed by atoms with E-state index in [0.29, 0.717) is 23.3 Å². The average molecular weight is 496 g/mol. The van der Waals surface area contributed by atoms with Crippen molar-refractivity contribution in [2.45, 2.75) is 63.9 Å². The van der Waals surface area contributed by atoms with Gasteiger partial charge < -0.3 is 10.8 Å². The summed E-state index contributed by atoms with van der Waals surface area (Å²) < 4.78 is 0. The molecule has 0 saturated heterocycles. The van der Waals surface area contributed by atoms with Crippen molar-refractivity contribution in [1.82, 2.24) is 0 Å². The van der Waals surface area contributed by atoms with Gasteiger partial charge in [0.2, 0.25) is 5.91 Å². The Morgan fingerprint density at radius 3 is 2.81 bits per heavy atom. The Kier molecular flexibility index (Phi) is 5.96. The molecule has 5 rings (SSSR count). The molecule has 170 valence electrons. The van der Waals surface area contributed by atoms with Gasteiger partial charge in [-0.1, -0.05) is 53.2 Å². The van der Waals surface area contributed by atoms with Gasteiger partial charge >= 0.3 is 0 Å². The van der Waals surface area contributed by atoms with Crippen LogP contribution in [0.4, 0.5) is 0 Å². The van der Waals surface area contributed by atoms with Crippen LogP contribution < -0.4 is 5.73 Å². The van der Waals surface area contributed by atoms with E-state index in [4.69, 9.17) is 5.73 Å². The Hall–Kier alpha value is -1.65. The predicted molar refractivity (Wildman–Crippen MR) is 132 cm³/mol. The zero-order chi connectivity index (χ0) is 22.5. The maximum absolute atomic E-state index is 11.6. The second kappa shape index (κ2) is 8.61. The molecule has 6 unspecified atom stereocenters. The van der Waals surface area contributed by atoms with E-state index >= 15 is 0 Å². The molecule has 0 aromatic heterocycles. The normalized spacial score (nSPS) is 33.3. The van der Waals surface area contributed by atoms with E-state index in [9.17, 15) is 9.90 Å². The van der Waals surface area contributed by atoms with Crippen LogP contribution in [0.25, 0.3) is 0 Å². The summed E-state index contributed by atoms with van der Waals surface area (Å²) >= 11 is 3.57. The molecule has 0 spiro atoms. The smallest absolute Gasteiger partial charge is 0.248 e. The van der Waals surface area contributed by atoms with Crippen molar-refractivity contribution in [3.63, 3.8) is 0 Å². The zero-order valence-corrected chi connectivity index (χ0v) is 20.5. The Labute approximate surface area is 199 Å². The number of halogens is 1. The van der Waals surface area contributed by atoms with Gasteiger partial charge in [0, 0.05) is 10.9 Å². The second-order valence-corrected chi connectivity index (χ2v) is 11.4. The number of carbonyl (C=O) groups excluding carboxylic acids is 1. The van der Waals surface area contributed by atoms with Gasteiger partial charge in [-0.15, -0.1) is 0 Å². The van der Waals surface area contributed by atoms with Gasteiger partial charge in [-0.25, -0.2) is 0 Å². The van der Waals surface area contributed by atoms with E-state index < -0.39 is 0 Å². The maximum Gasteiger partial charge on any atom is 0.248 e. The molecule has 2 fully saturated rings. The number of benzene rings is 2. The van der Waals surface area contributed by atoms with Gasteiger partial charge in [0.1, 0.15) is 0 Å². The summed E-state index contributed by atoms with van der Waals surface area (Å²) in [6, 6.07) is 14.8. The minimum absolute atomic E-state index is 0.000533. The lowest BCUT2D eigenvalue weighted by molar-refractivity contribution is -0.0325. The molecule has 3 aliphatic rings. The van der Waals surface area contributed by atoms with Crippen molar-refractivity contribution in [3.05, 3.63) is 70.3 Å². The Balaban J connectivity index is 1.38. The summed E-state index contributed by atoms with van der Waals surface area (Å²) in [7, 11) is 0. The van der Waals surface area contributed by atoms with Crippen molar-refractivity contribution in [2.24, 2.45) is 28.9 Å². The van der Waals surface area contributed by atoms with Crippen molar-refractivity contribution in [3.8, 4) is 0 Å². The number of rotatable bonds is 5. The average Bonchev–Trinajstić information content (AvgIpc) is 3.04. The SMILES string of the molecule is CC12CCC3c4ccc(CCBr)cc4CCC3C1CC(Cc1cccc(C(N)=O)c1)C2O. The number of hydrogen-bond acceptors (Lipinski definition) is 2. The molecule has 1 amide bonds. The van der Waals surface area contributed by atoms with Crippen molar-refractivity contribution in [2.75, 3.05) is 5.33 Å². The van der Waals surface area contributed by atoms with Gasteiger partial charge in [0.15, 0.2) is 0 Å². The fraction of sp³-hybridized carbons (Fsp3) is 0.536. The lowest BCUT2D eigenvalue weighted by Gasteiger charge is -2.50. The molecular formula is C28H34BrNO2. The van der Waals surface area contributed by atoms with Crippen LogP contribution in [0.3, 0.4) is 0 Å². The lowest BCUT2D eigenvalue weighted by Crippen LogP contribution is -2.44. The van der Waals surface area contributed by atoms with E-state index in [1.165, 1.54) is 24.8 Å². The van der Waals surface area contributed by atoms with Crippen LogP contribution in [-0.4, -0.2) is 22.4 Å². The molecule has 2 aromatic carbocycles. The summed E-state index contributed by atoms with van der Waals surface area (Å²) in [4.78, 5) is 11.6. The van der Waals surface area contributed by atoms with Gasteiger partial charge in [0.05, 0.1) is 6.10 Å². The van der Waals surface area contributed by atoms with Crippen LogP contribution in [-0.2, 0) is 19.3 Å². The molecule has 4 heteroatoms. The highest BCUT2D eigenvalue weighted by atomic mass is 79.9. The third kappa shape index (κ3) is 3.74. The number of carbonyl (C=O) groups is 1. The Morgan fingerprint density at radius 2 is 2.03 bits per heavy atom. The molecule has 0 bridgehead atoms. The fourth-order valence-corrected chi connectivity index (χ4v) is 7.86. The molecule has 3 nitrogen and oxygen atoms in total. The minimum atomic E-state index is -0.387. The summed E-state index contributed by atoms with van der Waals surface area (Å²) in [5, 5.41) is 12.5. The third-order valence-corrected chi connectivity index (χ3v) is 9.40. The van der Waals surface area contributed by atoms with Crippen LogP contribution in [0.1, 0.15) is 71.1 Å². The van der Waals surface area contributed by atoms with Gasteiger partial charge in [0.25, 0.3) is 0 Å². The Bertz CT molecular complexity index is 1020. The molecule has 32 heavy (non-hydrogen) atoms. The number of fused-ring (bicyclic) bond motifs is 5. The van der Waals surface area contributed by atoms with Crippen LogP contribution >= 0.6 is 15.9 Å². The largest absolute Gasteiger partial charge is 0.392 e. The highest BCUT2D eigenvalue weighted by Crippen LogP contribution is 2.62. The lowest BCUT2D eigenvalue weighted by atomic mass is 9.55. The van der Waals surface area contributed by atoms with Crippen molar-refractivity contribution in [1.29, 1.82) is 0 Å². The number of aliphatic hydroxyl groups is 1. The van der Waals surface area contributed by atoms with Crippen molar-refractivity contribution >= 4 is 21.8 Å². The highest BCUT2D eigenvalue weighted by Gasteiger charge is 2.57. The summed E-state index contributed by atoms with van der Waals surface area (Å²) in [6.07, 6.45) is 7.40. The molecule has 2 saturated carbocycles. The standard InChI is InChI=1S/C28H34BrNO2/c1-28-11-9-23-22-7-5-17(10-12-29)13-19(22)6-8-24(23)25(28)16-21(26(28)31)15-18-3-2-4-20(14-18)27(30)32/h2-5,7,13-14,21,23-26,31H,6,8-12,15-16H2,1H3,(H2,30,32). The molecule has 0 aliphatic heterocycles. The quantitative estimate of drug-likeness (QED) is 0.544. The molecule has 2 aromatic rings. The first-order valence-electron chi connectivity index (χ1n) is 12.1. The predicted octanol–water partition coefficient (Wildman–Crippen LogP) is 5.41. The number of hydrogen-bond donors (Lipinski definition) is 2.